The molecule has 8 heteroatoms. The summed E-state index contributed by atoms with van der Waals surface area (Å²) in [6.07, 6.45) is 0. The highest BCUT2D eigenvalue weighted by Crippen LogP contribution is 2.35. The maximum atomic E-state index is 13.3. The van der Waals surface area contributed by atoms with Gasteiger partial charge in [-0.25, -0.2) is 4.98 Å². The number of hydrogen-bond donors (Lipinski definition) is 1. The van der Waals surface area contributed by atoms with Crippen LogP contribution in [0.25, 0.3) is 20.7 Å². The Morgan fingerprint density at radius 1 is 1.26 bits per heavy atom. The lowest BCUT2D eigenvalue weighted by Gasteiger charge is -2.16. The summed E-state index contributed by atoms with van der Waals surface area (Å²) in [7, 11) is 0. The smallest absolute Gasteiger partial charge is 0.263 e. The van der Waals surface area contributed by atoms with E-state index in [1.165, 1.54) is 23.1 Å². The molecule has 0 saturated heterocycles. The number of carbonyl (C=O) groups excluding carboxylic acids is 1. The molecule has 1 atom stereocenters. The summed E-state index contributed by atoms with van der Waals surface area (Å²) in [5.41, 5.74) is 3.86. The van der Waals surface area contributed by atoms with E-state index >= 15 is 0 Å². The maximum absolute atomic E-state index is 13.3. The van der Waals surface area contributed by atoms with Crippen LogP contribution in [-0.4, -0.2) is 20.7 Å². The maximum Gasteiger partial charge on any atom is 0.263 e. The van der Waals surface area contributed by atoms with Gasteiger partial charge in [-0.3, -0.25) is 14.2 Å². The number of amides is 1. The molecule has 0 aliphatic rings. The van der Waals surface area contributed by atoms with E-state index < -0.39 is 5.25 Å². The van der Waals surface area contributed by atoms with E-state index in [-0.39, 0.29) is 11.5 Å². The van der Waals surface area contributed by atoms with Crippen LogP contribution < -0.4 is 10.9 Å². The summed E-state index contributed by atoms with van der Waals surface area (Å²) in [6.45, 7) is 8.27. The number of aryl methyl sites for hydroxylation is 2. The lowest BCUT2D eigenvalue weighted by Crippen LogP contribution is -2.26. The average molecular weight is 470 g/mol. The van der Waals surface area contributed by atoms with Crippen LogP contribution in [0.3, 0.4) is 0 Å². The molecule has 5 nitrogen and oxygen atoms in total. The molecule has 4 rings (SSSR count). The van der Waals surface area contributed by atoms with Crippen molar-refractivity contribution < 1.29 is 4.79 Å². The zero-order valence-corrected chi connectivity index (χ0v) is 20.2. The van der Waals surface area contributed by atoms with Crippen molar-refractivity contribution >= 4 is 56.2 Å². The van der Waals surface area contributed by atoms with Gasteiger partial charge in [0.05, 0.1) is 10.6 Å². The molecular formula is C23H23N3O2S3. The van der Waals surface area contributed by atoms with E-state index in [9.17, 15) is 9.59 Å². The van der Waals surface area contributed by atoms with Crippen LogP contribution in [0.4, 0.5) is 5.69 Å². The Morgan fingerprint density at radius 3 is 2.74 bits per heavy atom. The Balaban J connectivity index is 1.63. The second kappa shape index (κ2) is 8.98. The van der Waals surface area contributed by atoms with Crippen LogP contribution in [0.5, 0.6) is 0 Å². The second-order valence-corrected chi connectivity index (χ2v) is 10.4. The minimum atomic E-state index is -0.403. The Hall–Kier alpha value is -2.42. The van der Waals surface area contributed by atoms with Gasteiger partial charge in [0.2, 0.25) is 5.91 Å². The van der Waals surface area contributed by atoms with Crippen molar-refractivity contribution in [3.8, 4) is 10.4 Å². The quantitative estimate of drug-likeness (QED) is 0.280. The third-order valence-electron chi connectivity index (χ3n) is 5.05. The first-order chi connectivity index (χ1) is 14.9. The lowest BCUT2D eigenvalue weighted by molar-refractivity contribution is -0.115. The van der Waals surface area contributed by atoms with Crippen molar-refractivity contribution in [3.05, 3.63) is 62.6 Å². The summed E-state index contributed by atoms with van der Waals surface area (Å²) >= 11 is 4.40. The third-order valence-corrected chi connectivity index (χ3v) is 7.92. The molecule has 0 aliphatic carbocycles. The van der Waals surface area contributed by atoms with Gasteiger partial charge >= 0.3 is 0 Å². The van der Waals surface area contributed by atoms with Crippen molar-refractivity contribution in [1.82, 2.24) is 9.55 Å². The van der Waals surface area contributed by atoms with Gasteiger partial charge in [0.15, 0.2) is 5.16 Å². The van der Waals surface area contributed by atoms with Crippen molar-refractivity contribution in [1.29, 1.82) is 0 Å². The fraction of sp³-hybridized carbons (Fsp3) is 0.261. The zero-order valence-electron chi connectivity index (χ0n) is 17.8. The van der Waals surface area contributed by atoms with Gasteiger partial charge in [0.1, 0.15) is 4.83 Å². The Labute approximate surface area is 193 Å². The van der Waals surface area contributed by atoms with E-state index in [0.717, 1.165) is 27.3 Å². The van der Waals surface area contributed by atoms with Gasteiger partial charge in [-0.05, 0) is 50.8 Å². The fourth-order valence-corrected chi connectivity index (χ4v) is 6.16. The lowest BCUT2D eigenvalue weighted by atomic mass is 10.1. The monoisotopic (exact) mass is 469 g/mol. The third kappa shape index (κ3) is 4.33. The molecular weight excluding hydrogens is 446 g/mol. The molecule has 3 heterocycles. The summed E-state index contributed by atoms with van der Waals surface area (Å²) < 4.78 is 1.66. The summed E-state index contributed by atoms with van der Waals surface area (Å²) in [6, 6.07) is 9.94. The van der Waals surface area contributed by atoms with Crippen molar-refractivity contribution in [2.75, 3.05) is 5.32 Å². The minimum absolute atomic E-state index is 0.0540. The molecule has 31 heavy (non-hydrogen) atoms. The highest BCUT2D eigenvalue weighted by Gasteiger charge is 2.22. The molecule has 4 aromatic rings. The highest BCUT2D eigenvalue weighted by atomic mass is 32.2. The molecule has 1 N–H and O–H groups in total. The van der Waals surface area contributed by atoms with Crippen LogP contribution in [0.1, 0.15) is 25.0 Å². The molecule has 0 radical (unpaired) electrons. The second-order valence-electron chi connectivity index (χ2n) is 7.32. The number of carbonyl (C=O) groups is 1. The van der Waals surface area contributed by atoms with Gasteiger partial charge < -0.3 is 5.32 Å². The molecule has 1 aromatic carbocycles. The normalized spacial score (nSPS) is 12.3. The van der Waals surface area contributed by atoms with Crippen LogP contribution >= 0.6 is 34.4 Å². The van der Waals surface area contributed by atoms with Crippen molar-refractivity contribution in [2.24, 2.45) is 0 Å². The van der Waals surface area contributed by atoms with E-state index in [4.69, 9.17) is 4.98 Å². The first-order valence-electron chi connectivity index (χ1n) is 9.99. The SMILES string of the molecule is CCn1c(SC(C)C(=O)Nc2ccc(C)cc2C)nc2scc(-c3cccs3)c2c1=O. The molecule has 0 saturated carbocycles. The molecule has 3 aromatic heterocycles. The number of fused-ring (bicyclic) bond motifs is 1. The van der Waals surface area contributed by atoms with Crippen molar-refractivity contribution in [3.63, 3.8) is 0 Å². The topological polar surface area (TPSA) is 64.0 Å². The molecule has 0 aliphatic heterocycles. The number of thioether (sulfide) groups is 1. The van der Waals surface area contributed by atoms with Gasteiger partial charge in [0.25, 0.3) is 5.56 Å². The van der Waals surface area contributed by atoms with Gasteiger partial charge in [-0.2, -0.15) is 0 Å². The fourth-order valence-electron chi connectivity index (χ4n) is 3.39. The number of anilines is 1. The highest BCUT2D eigenvalue weighted by molar-refractivity contribution is 8.00. The van der Waals surface area contributed by atoms with Gasteiger partial charge in [-0.1, -0.05) is 35.5 Å². The number of rotatable bonds is 6. The number of nitrogens with zero attached hydrogens (tertiary/aromatic N) is 2. The Kier molecular flexibility index (Phi) is 6.31. The Morgan fingerprint density at radius 2 is 2.06 bits per heavy atom. The summed E-state index contributed by atoms with van der Waals surface area (Å²) in [5.74, 6) is -0.112. The number of aromatic nitrogens is 2. The largest absolute Gasteiger partial charge is 0.325 e. The molecule has 1 amide bonds. The van der Waals surface area contributed by atoms with E-state index in [1.54, 1.807) is 15.9 Å². The van der Waals surface area contributed by atoms with Crippen molar-refractivity contribution in [2.45, 2.75) is 44.6 Å². The van der Waals surface area contributed by atoms with Crippen LogP contribution in [0.15, 0.2) is 51.0 Å². The minimum Gasteiger partial charge on any atom is -0.325 e. The molecule has 0 bridgehead atoms. The summed E-state index contributed by atoms with van der Waals surface area (Å²) in [4.78, 5) is 32.7. The number of benzene rings is 1. The van der Waals surface area contributed by atoms with E-state index in [0.29, 0.717) is 21.9 Å². The molecule has 0 fully saturated rings. The molecule has 160 valence electrons. The molecule has 1 unspecified atom stereocenters. The Bertz CT molecular complexity index is 1310. The summed E-state index contributed by atoms with van der Waals surface area (Å²) in [5, 5.41) is 7.83. The van der Waals surface area contributed by atoms with E-state index in [2.05, 4.69) is 5.32 Å². The van der Waals surface area contributed by atoms with Crippen LogP contribution in [0.2, 0.25) is 0 Å². The number of hydrogen-bond acceptors (Lipinski definition) is 6. The number of thiophene rings is 2. The van der Waals surface area contributed by atoms with Gasteiger partial charge in [-0.15, -0.1) is 22.7 Å². The average Bonchev–Trinajstić information content (AvgIpc) is 3.40. The zero-order chi connectivity index (χ0) is 22.1. The first-order valence-corrected chi connectivity index (χ1v) is 12.6. The van der Waals surface area contributed by atoms with Gasteiger partial charge in [0, 0.05) is 28.1 Å². The molecule has 0 spiro atoms. The van der Waals surface area contributed by atoms with Crippen LogP contribution in [0, 0.1) is 13.8 Å². The standard InChI is InChI=1S/C23H23N3O2S3/c1-5-26-22(28)19-16(18-7-6-10-29-18)12-30-21(19)25-23(26)31-15(4)20(27)24-17-9-8-13(2)11-14(17)3/h6-12,15H,5H2,1-4H3,(H,24,27). The first kappa shape index (κ1) is 21.8. The predicted molar refractivity (Wildman–Crippen MR) is 133 cm³/mol. The predicted octanol–water partition coefficient (Wildman–Crippen LogP) is 5.94. The van der Waals surface area contributed by atoms with Crippen LogP contribution in [-0.2, 0) is 11.3 Å². The van der Waals surface area contributed by atoms with E-state index in [1.807, 2.05) is 68.8 Å². The number of nitrogens with one attached hydrogen (secondary N) is 1.